The fourth-order valence-corrected chi connectivity index (χ4v) is 4.35. The van der Waals surface area contributed by atoms with E-state index in [4.69, 9.17) is 9.68 Å². The van der Waals surface area contributed by atoms with E-state index < -0.39 is 23.5 Å². The van der Waals surface area contributed by atoms with Crippen molar-refractivity contribution in [2.75, 3.05) is 0 Å². The number of amides is 1. The van der Waals surface area contributed by atoms with Crippen molar-refractivity contribution in [3.8, 4) is 17.4 Å². The molecule has 0 fully saturated rings. The summed E-state index contributed by atoms with van der Waals surface area (Å²) in [6.45, 7) is 0.766. The molecular weight excluding hydrogens is 550 g/mol. The van der Waals surface area contributed by atoms with Crippen molar-refractivity contribution >= 4 is 5.91 Å². The van der Waals surface area contributed by atoms with Crippen LogP contribution in [-0.4, -0.2) is 25.6 Å². The van der Waals surface area contributed by atoms with Gasteiger partial charge in [-0.3, -0.25) is 4.79 Å². The largest absolute Gasteiger partial charge is 0.451 e. The first kappa shape index (κ1) is 28.3. The Morgan fingerprint density at radius 3 is 2.52 bits per heavy atom. The highest BCUT2D eigenvalue weighted by molar-refractivity contribution is 5.92. The Labute approximate surface area is 238 Å². The minimum atomic E-state index is -3.06. The van der Waals surface area contributed by atoms with E-state index in [1.54, 1.807) is 34.9 Å². The van der Waals surface area contributed by atoms with Crippen LogP contribution in [0.1, 0.15) is 45.6 Å². The van der Waals surface area contributed by atoms with Crippen LogP contribution in [0.5, 0.6) is 0 Å². The van der Waals surface area contributed by atoms with Gasteiger partial charge in [0.1, 0.15) is 23.7 Å². The molecule has 2 heterocycles. The Kier molecular flexibility index (Phi) is 7.88. The smallest absolute Gasteiger partial charge is 0.290 e. The second-order valence-corrected chi connectivity index (χ2v) is 9.71. The molecule has 3 aromatic carbocycles. The third kappa shape index (κ3) is 6.39. The van der Waals surface area contributed by atoms with Crippen LogP contribution in [0.15, 0.2) is 89.6 Å². The molecule has 0 atom stereocenters. The Balaban J connectivity index is 1.44. The van der Waals surface area contributed by atoms with Crippen molar-refractivity contribution in [1.82, 2.24) is 19.7 Å². The van der Waals surface area contributed by atoms with Crippen LogP contribution < -0.4 is 0 Å². The molecule has 5 aromatic rings. The first-order valence-corrected chi connectivity index (χ1v) is 12.8. The topological polar surface area (TPSA) is 88.0 Å². The van der Waals surface area contributed by atoms with Gasteiger partial charge in [0.2, 0.25) is 0 Å². The maximum Gasteiger partial charge on any atom is 0.290 e. The highest BCUT2D eigenvalue weighted by Crippen LogP contribution is 2.31. The maximum absolute atomic E-state index is 14.6. The zero-order valence-electron chi connectivity index (χ0n) is 22.3. The first-order valence-electron chi connectivity index (χ1n) is 12.8. The highest BCUT2D eigenvalue weighted by atomic mass is 19.3. The molecule has 0 unspecified atom stereocenters. The summed E-state index contributed by atoms with van der Waals surface area (Å²) in [6, 6.07) is 20.6. The zero-order valence-corrected chi connectivity index (χ0v) is 22.3. The van der Waals surface area contributed by atoms with E-state index in [1.165, 1.54) is 47.6 Å². The summed E-state index contributed by atoms with van der Waals surface area (Å²) < 4.78 is 63.4. The Morgan fingerprint density at radius 2 is 1.81 bits per heavy atom. The molecule has 0 aliphatic carbocycles. The number of halogens is 4. The molecule has 0 aliphatic rings. The summed E-state index contributed by atoms with van der Waals surface area (Å²) >= 11 is 0. The Bertz CT molecular complexity index is 1770. The Morgan fingerprint density at radius 1 is 1.02 bits per heavy atom. The van der Waals surface area contributed by atoms with Crippen molar-refractivity contribution in [3.05, 3.63) is 131 Å². The molecule has 212 valence electrons. The van der Waals surface area contributed by atoms with Crippen molar-refractivity contribution in [1.29, 1.82) is 5.26 Å². The molecule has 0 aliphatic heterocycles. The lowest BCUT2D eigenvalue weighted by atomic mass is 10.1. The number of aromatic nitrogens is 3. The minimum absolute atomic E-state index is 0.0626. The number of nitrogens with zero attached hydrogens (tertiary/aromatic N) is 5. The summed E-state index contributed by atoms with van der Waals surface area (Å²) in [5, 5.41) is 17.1. The standard InChI is InChI=1S/C31H23F4N5O2/c1-31(34,35)24-4-2-3-22(13-24)27-11-12-28(42-27)30(41)39(17-23-9-10-25(32)14-26(23)33)18-29-38-37-19-40(29)16-21-7-5-20(15-36)6-8-21/h2-14,19H,16-18H2,1H3. The molecule has 0 spiro atoms. The normalized spacial score (nSPS) is 11.3. The van der Waals surface area contributed by atoms with E-state index in [9.17, 15) is 22.4 Å². The van der Waals surface area contributed by atoms with Gasteiger partial charge in [0.15, 0.2) is 11.6 Å². The van der Waals surface area contributed by atoms with Crippen LogP contribution in [0.4, 0.5) is 17.6 Å². The molecule has 11 heteroatoms. The molecule has 0 saturated heterocycles. The van der Waals surface area contributed by atoms with Crippen molar-refractivity contribution in [3.63, 3.8) is 0 Å². The Hall–Kier alpha value is -5.24. The predicted molar refractivity (Wildman–Crippen MR) is 144 cm³/mol. The lowest BCUT2D eigenvalue weighted by molar-refractivity contribution is 0.0175. The number of hydrogen-bond donors (Lipinski definition) is 0. The lowest BCUT2D eigenvalue weighted by Gasteiger charge is -2.22. The summed E-state index contributed by atoms with van der Waals surface area (Å²) in [4.78, 5) is 15.0. The van der Waals surface area contributed by atoms with Gasteiger partial charge >= 0.3 is 0 Å². The van der Waals surface area contributed by atoms with Crippen molar-refractivity contribution in [2.24, 2.45) is 0 Å². The molecule has 5 rings (SSSR count). The monoisotopic (exact) mass is 573 g/mol. The molecule has 7 nitrogen and oxygen atoms in total. The number of benzene rings is 3. The van der Waals surface area contributed by atoms with Crippen LogP contribution in [0, 0.1) is 23.0 Å². The quantitative estimate of drug-likeness (QED) is 0.183. The average molecular weight is 574 g/mol. The predicted octanol–water partition coefficient (Wildman–Crippen LogP) is 6.69. The first-order chi connectivity index (χ1) is 20.1. The highest BCUT2D eigenvalue weighted by Gasteiger charge is 2.26. The lowest BCUT2D eigenvalue weighted by Crippen LogP contribution is -2.31. The number of furan rings is 1. The fraction of sp³-hybridized carbons (Fsp3) is 0.161. The van der Waals surface area contributed by atoms with Gasteiger partial charge in [-0.15, -0.1) is 10.2 Å². The number of nitriles is 1. The van der Waals surface area contributed by atoms with E-state index in [2.05, 4.69) is 16.3 Å². The number of carbonyl (C=O) groups excluding carboxylic acids is 1. The van der Waals surface area contributed by atoms with Crippen LogP contribution in [0.25, 0.3) is 11.3 Å². The molecule has 1 amide bonds. The van der Waals surface area contributed by atoms with Crippen LogP contribution in [-0.2, 0) is 25.6 Å². The van der Waals surface area contributed by atoms with Crippen LogP contribution >= 0.6 is 0 Å². The van der Waals surface area contributed by atoms with Gasteiger partial charge in [-0.1, -0.05) is 36.4 Å². The summed E-state index contributed by atoms with van der Waals surface area (Å²) in [6.07, 6.45) is 1.48. The van der Waals surface area contributed by atoms with Gasteiger partial charge < -0.3 is 13.9 Å². The van der Waals surface area contributed by atoms with E-state index in [1.807, 2.05) is 0 Å². The van der Waals surface area contributed by atoms with Gasteiger partial charge in [-0.05, 0) is 42.0 Å². The summed E-state index contributed by atoms with van der Waals surface area (Å²) in [7, 11) is 0. The van der Waals surface area contributed by atoms with Gasteiger partial charge in [0, 0.05) is 36.2 Å². The second-order valence-electron chi connectivity index (χ2n) is 9.71. The van der Waals surface area contributed by atoms with E-state index in [0.29, 0.717) is 23.5 Å². The van der Waals surface area contributed by atoms with E-state index in [0.717, 1.165) is 24.6 Å². The second kappa shape index (κ2) is 11.7. The molecule has 0 saturated carbocycles. The molecular formula is C31H23F4N5O2. The van der Waals surface area contributed by atoms with E-state index in [-0.39, 0.29) is 35.7 Å². The number of alkyl halides is 2. The molecule has 0 N–H and O–H groups in total. The number of carbonyl (C=O) groups is 1. The van der Waals surface area contributed by atoms with Gasteiger partial charge in [-0.25, -0.2) is 17.6 Å². The van der Waals surface area contributed by atoms with Gasteiger partial charge in [0.25, 0.3) is 11.8 Å². The third-order valence-corrected chi connectivity index (χ3v) is 6.60. The molecule has 0 radical (unpaired) electrons. The third-order valence-electron chi connectivity index (χ3n) is 6.60. The van der Waals surface area contributed by atoms with Crippen LogP contribution in [0.2, 0.25) is 0 Å². The van der Waals surface area contributed by atoms with Crippen LogP contribution in [0.3, 0.4) is 0 Å². The van der Waals surface area contributed by atoms with Gasteiger partial charge in [0.05, 0.1) is 24.7 Å². The zero-order chi connectivity index (χ0) is 29.9. The van der Waals surface area contributed by atoms with E-state index >= 15 is 0 Å². The van der Waals surface area contributed by atoms with Crippen molar-refractivity contribution < 1.29 is 26.8 Å². The fourth-order valence-electron chi connectivity index (χ4n) is 4.35. The van der Waals surface area contributed by atoms with Crippen molar-refractivity contribution in [2.45, 2.75) is 32.5 Å². The molecule has 42 heavy (non-hydrogen) atoms. The molecule has 2 aromatic heterocycles. The minimum Gasteiger partial charge on any atom is -0.451 e. The van der Waals surface area contributed by atoms with Gasteiger partial charge in [-0.2, -0.15) is 5.26 Å². The SMILES string of the molecule is CC(F)(F)c1cccc(-c2ccc(C(=O)N(Cc3ccc(F)cc3F)Cc3nncn3Cc3ccc(C#N)cc3)o2)c1. The summed E-state index contributed by atoms with van der Waals surface area (Å²) in [5.74, 6) is -4.82. The number of rotatable bonds is 9. The average Bonchev–Trinajstić information content (AvgIpc) is 3.64. The molecule has 0 bridgehead atoms. The number of hydrogen-bond acceptors (Lipinski definition) is 5. The summed E-state index contributed by atoms with van der Waals surface area (Å²) in [5.41, 5.74) is 1.57. The maximum atomic E-state index is 14.6.